The molecule has 0 aromatic carbocycles. The minimum absolute atomic E-state index is 0.0764. The fraction of sp³-hybridized carbons (Fsp3) is 0.444. The SMILES string of the molecule is COc1nc(CCl)cc(C(F)F)c1C. The Morgan fingerprint density at radius 3 is 2.64 bits per heavy atom. The van der Waals surface area contributed by atoms with E-state index in [0.717, 1.165) is 0 Å². The van der Waals surface area contributed by atoms with Crippen molar-refractivity contribution in [3.8, 4) is 5.88 Å². The van der Waals surface area contributed by atoms with Gasteiger partial charge in [-0.25, -0.2) is 13.8 Å². The summed E-state index contributed by atoms with van der Waals surface area (Å²) in [4.78, 5) is 3.96. The number of hydrogen-bond acceptors (Lipinski definition) is 2. The van der Waals surface area contributed by atoms with Gasteiger partial charge in [0.05, 0.1) is 18.7 Å². The topological polar surface area (TPSA) is 22.1 Å². The largest absolute Gasteiger partial charge is 0.481 e. The van der Waals surface area contributed by atoms with Crippen LogP contribution in [0.3, 0.4) is 0 Å². The quantitative estimate of drug-likeness (QED) is 0.732. The van der Waals surface area contributed by atoms with Crippen molar-refractivity contribution < 1.29 is 13.5 Å². The molecule has 0 aliphatic carbocycles. The number of alkyl halides is 3. The van der Waals surface area contributed by atoms with Crippen molar-refractivity contribution in [2.24, 2.45) is 0 Å². The summed E-state index contributed by atoms with van der Waals surface area (Å²) in [5.41, 5.74) is 0.674. The van der Waals surface area contributed by atoms with Crippen LogP contribution in [0.2, 0.25) is 0 Å². The molecule has 5 heteroatoms. The van der Waals surface area contributed by atoms with Gasteiger partial charge in [-0.3, -0.25) is 0 Å². The van der Waals surface area contributed by atoms with E-state index in [1.807, 2.05) is 0 Å². The summed E-state index contributed by atoms with van der Waals surface area (Å²) in [7, 11) is 1.39. The molecule has 0 fully saturated rings. The Balaban J connectivity index is 3.27. The zero-order valence-corrected chi connectivity index (χ0v) is 8.61. The van der Waals surface area contributed by atoms with Gasteiger partial charge in [-0.15, -0.1) is 11.6 Å². The maximum Gasteiger partial charge on any atom is 0.264 e. The molecule has 0 unspecified atom stereocenters. The Morgan fingerprint density at radius 2 is 2.21 bits per heavy atom. The van der Waals surface area contributed by atoms with E-state index in [1.54, 1.807) is 6.92 Å². The van der Waals surface area contributed by atoms with Gasteiger partial charge in [0.1, 0.15) is 0 Å². The monoisotopic (exact) mass is 221 g/mol. The summed E-state index contributed by atoms with van der Waals surface area (Å²) >= 11 is 5.52. The van der Waals surface area contributed by atoms with Crippen molar-refractivity contribution in [1.29, 1.82) is 0 Å². The second-order valence-corrected chi connectivity index (χ2v) is 3.04. The Kier molecular flexibility index (Phi) is 3.63. The molecular weight excluding hydrogens is 212 g/mol. The Hall–Kier alpha value is -0.900. The normalized spacial score (nSPS) is 10.7. The van der Waals surface area contributed by atoms with Crippen molar-refractivity contribution in [3.05, 3.63) is 22.9 Å². The van der Waals surface area contributed by atoms with Crippen LogP contribution in [0.4, 0.5) is 8.78 Å². The lowest BCUT2D eigenvalue weighted by Crippen LogP contribution is -2.00. The second kappa shape index (κ2) is 4.55. The molecule has 0 saturated heterocycles. The molecule has 14 heavy (non-hydrogen) atoms. The Morgan fingerprint density at radius 1 is 1.57 bits per heavy atom. The van der Waals surface area contributed by atoms with Gasteiger partial charge in [-0.1, -0.05) is 0 Å². The molecule has 0 aliphatic heterocycles. The lowest BCUT2D eigenvalue weighted by Gasteiger charge is -2.10. The molecule has 1 heterocycles. The molecule has 0 atom stereocenters. The van der Waals surface area contributed by atoms with E-state index in [1.165, 1.54) is 13.2 Å². The highest BCUT2D eigenvalue weighted by Gasteiger charge is 2.16. The fourth-order valence-electron chi connectivity index (χ4n) is 1.15. The van der Waals surface area contributed by atoms with Crippen LogP contribution in [0.5, 0.6) is 5.88 Å². The summed E-state index contributed by atoms with van der Waals surface area (Å²) < 4.78 is 29.9. The lowest BCUT2D eigenvalue weighted by atomic mass is 10.1. The number of aromatic nitrogens is 1. The van der Waals surface area contributed by atoms with Crippen LogP contribution in [-0.4, -0.2) is 12.1 Å². The zero-order valence-electron chi connectivity index (χ0n) is 7.85. The van der Waals surface area contributed by atoms with E-state index in [9.17, 15) is 8.78 Å². The van der Waals surface area contributed by atoms with E-state index in [0.29, 0.717) is 11.3 Å². The molecule has 0 saturated carbocycles. The minimum Gasteiger partial charge on any atom is -0.481 e. The maximum absolute atomic E-state index is 12.5. The maximum atomic E-state index is 12.5. The Bertz CT molecular complexity index is 331. The standard InChI is InChI=1S/C9H10ClF2NO/c1-5-7(8(11)12)3-6(4-10)13-9(5)14-2/h3,8H,4H2,1-2H3. The van der Waals surface area contributed by atoms with E-state index < -0.39 is 6.43 Å². The first kappa shape index (κ1) is 11.2. The van der Waals surface area contributed by atoms with Crippen molar-refractivity contribution >= 4 is 11.6 Å². The molecule has 1 rings (SSSR count). The molecule has 0 bridgehead atoms. The molecule has 2 nitrogen and oxygen atoms in total. The number of ether oxygens (including phenoxy) is 1. The third-order valence-electron chi connectivity index (χ3n) is 1.89. The average Bonchev–Trinajstić information content (AvgIpc) is 2.17. The van der Waals surface area contributed by atoms with E-state index in [-0.39, 0.29) is 17.3 Å². The van der Waals surface area contributed by atoms with Gasteiger partial charge < -0.3 is 4.74 Å². The summed E-state index contributed by atoms with van der Waals surface area (Å²) in [5, 5.41) is 0. The number of rotatable bonds is 3. The molecule has 78 valence electrons. The molecule has 0 aliphatic rings. The van der Waals surface area contributed by atoms with Crippen LogP contribution in [0.25, 0.3) is 0 Å². The zero-order chi connectivity index (χ0) is 10.7. The third kappa shape index (κ3) is 2.12. The van der Waals surface area contributed by atoms with E-state index >= 15 is 0 Å². The average molecular weight is 222 g/mol. The van der Waals surface area contributed by atoms with Gasteiger partial charge in [-0.2, -0.15) is 0 Å². The highest BCUT2D eigenvalue weighted by molar-refractivity contribution is 6.16. The van der Waals surface area contributed by atoms with Crippen molar-refractivity contribution in [1.82, 2.24) is 4.98 Å². The first-order valence-corrected chi connectivity index (χ1v) is 4.52. The predicted molar refractivity (Wildman–Crippen MR) is 50.0 cm³/mol. The molecule has 0 radical (unpaired) electrons. The van der Waals surface area contributed by atoms with Crippen LogP contribution < -0.4 is 4.74 Å². The Labute approximate surface area is 85.9 Å². The molecular formula is C9H10ClF2NO. The summed E-state index contributed by atoms with van der Waals surface area (Å²) in [6.45, 7) is 1.55. The highest BCUT2D eigenvalue weighted by atomic mass is 35.5. The van der Waals surface area contributed by atoms with Crippen LogP contribution in [0.15, 0.2) is 6.07 Å². The first-order valence-electron chi connectivity index (χ1n) is 3.98. The van der Waals surface area contributed by atoms with Crippen molar-refractivity contribution in [3.63, 3.8) is 0 Å². The van der Waals surface area contributed by atoms with Crippen LogP contribution in [0.1, 0.15) is 23.2 Å². The first-order chi connectivity index (χ1) is 6.60. The van der Waals surface area contributed by atoms with Gasteiger partial charge in [-0.05, 0) is 13.0 Å². The fourth-order valence-corrected chi connectivity index (χ4v) is 1.29. The third-order valence-corrected chi connectivity index (χ3v) is 2.16. The van der Waals surface area contributed by atoms with Gasteiger partial charge in [0.2, 0.25) is 5.88 Å². The molecule has 0 spiro atoms. The van der Waals surface area contributed by atoms with Gasteiger partial charge in [0.15, 0.2) is 0 Å². The van der Waals surface area contributed by atoms with Crippen LogP contribution in [-0.2, 0) is 5.88 Å². The number of halogens is 3. The molecule has 1 aromatic heterocycles. The van der Waals surface area contributed by atoms with Crippen molar-refractivity contribution in [2.75, 3.05) is 7.11 Å². The minimum atomic E-state index is -2.53. The number of hydrogen-bond donors (Lipinski definition) is 0. The van der Waals surface area contributed by atoms with Gasteiger partial charge >= 0.3 is 0 Å². The highest BCUT2D eigenvalue weighted by Crippen LogP contribution is 2.28. The second-order valence-electron chi connectivity index (χ2n) is 2.77. The molecule has 1 aromatic rings. The van der Waals surface area contributed by atoms with Crippen molar-refractivity contribution in [2.45, 2.75) is 19.2 Å². The van der Waals surface area contributed by atoms with Gasteiger partial charge in [0.25, 0.3) is 6.43 Å². The summed E-state index contributed by atoms with van der Waals surface area (Å²) in [6, 6.07) is 1.30. The summed E-state index contributed by atoms with van der Waals surface area (Å²) in [6.07, 6.45) is -2.53. The smallest absolute Gasteiger partial charge is 0.264 e. The lowest BCUT2D eigenvalue weighted by molar-refractivity contribution is 0.149. The van der Waals surface area contributed by atoms with Gasteiger partial charge in [0, 0.05) is 11.1 Å². The molecule has 0 N–H and O–H groups in total. The van der Waals surface area contributed by atoms with Crippen LogP contribution in [0, 0.1) is 6.92 Å². The van der Waals surface area contributed by atoms with Crippen LogP contribution >= 0.6 is 11.6 Å². The molecule has 0 amide bonds. The summed E-state index contributed by atoms with van der Waals surface area (Å²) in [5.74, 6) is 0.301. The number of methoxy groups -OCH3 is 1. The van der Waals surface area contributed by atoms with E-state index in [4.69, 9.17) is 16.3 Å². The van der Waals surface area contributed by atoms with E-state index in [2.05, 4.69) is 4.98 Å². The number of nitrogens with zero attached hydrogens (tertiary/aromatic N) is 1. The predicted octanol–water partition coefficient (Wildman–Crippen LogP) is 3.08. The number of pyridine rings is 1.